The fourth-order valence-electron chi connectivity index (χ4n) is 3.59. The van der Waals surface area contributed by atoms with E-state index in [4.69, 9.17) is 5.73 Å². The fourth-order valence-corrected chi connectivity index (χ4v) is 3.59. The third-order valence-corrected chi connectivity index (χ3v) is 5.20. The molecule has 0 aliphatic carbocycles. The number of aromatic nitrogens is 3. The summed E-state index contributed by atoms with van der Waals surface area (Å²) in [6, 6.07) is 10.4. The number of urea groups is 1. The number of aryl methyl sites for hydroxylation is 1. The average molecular weight is 413 g/mol. The molecular formula is C24H23N5O2. The Hall–Kier alpha value is -4.00. The van der Waals surface area contributed by atoms with Crippen LogP contribution in [0.15, 0.2) is 61.2 Å². The lowest BCUT2D eigenvalue weighted by molar-refractivity contribution is 0.104. The van der Waals surface area contributed by atoms with Crippen LogP contribution in [0, 0.1) is 0 Å². The molecule has 156 valence electrons. The Bertz CT molecular complexity index is 1250. The minimum Gasteiger partial charge on any atom is -0.351 e. The molecule has 7 nitrogen and oxygen atoms in total. The molecule has 0 bridgehead atoms. The van der Waals surface area contributed by atoms with Crippen LogP contribution in [-0.2, 0) is 6.42 Å². The van der Waals surface area contributed by atoms with Crippen LogP contribution >= 0.6 is 0 Å². The highest BCUT2D eigenvalue weighted by molar-refractivity contribution is 6.16. The minimum absolute atomic E-state index is 0.161. The second kappa shape index (κ2) is 8.79. The van der Waals surface area contributed by atoms with Crippen LogP contribution in [0.3, 0.4) is 0 Å². The SMILES string of the molecule is CCCCc1ccc(C(=O)c2c[nH]c3ncc(-c4cccnc4)cc23)cc1NC(N)=O. The highest BCUT2D eigenvalue weighted by atomic mass is 16.2. The number of nitrogens with two attached hydrogens (primary N) is 1. The Kier molecular flexibility index (Phi) is 5.75. The number of amides is 2. The van der Waals surface area contributed by atoms with Gasteiger partial charge in [-0.05, 0) is 36.6 Å². The van der Waals surface area contributed by atoms with Gasteiger partial charge in [0.25, 0.3) is 0 Å². The predicted octanol–water partition coefficient (Wildman–Crippen LogP) is 4.69. The van der Waals surface area contributed by atoms with Crippen molar-refractivity contribution in [2.24, 2.45) is 5.73 Å². The Balaban J connectivity index is 1.72. The topological polar surface area (TPSA) is 114 Å². The lowest BCUT2D eigenvalue weighted by Crippen LogP contribution is -2.20. The van der Waals surface area contributed by atoms with E-state index < -0.39 is 6.03 Å². The number of primary amides is 1. The summed E-state index contributed by atoms with van der Waals surface area (Å²) in [4.78, 5) is 36.5. The molecule has 0 saturated heterocycles. The summed E-state index contributed by atoms with van der Waals surface area (Å²) in [6.07, 6.45) is 9.69. The van der Waals surface area contributed by atoms with E-state index in [1.807, 2.05) is 24.3 Å². The number of H-pyrrole nitrogens is 1. The summed E-state index contributed by atoms with van der Waals surface area (Å²) in [5.74, 6) is -0.161. The summed E-state index contributed by atoms with van der Waals surface area (Å²) in [5, 5.41) is 3.38. The molecule has 0 unspecified atom stereocenters. The van der Waals surface area contributed by atoms with E-state index in [1.165, 1.54) is 0 Å². The van der Waals surface area contributed by atoms with Crippen molar-refractivity contribution in [3.05, 3.63) is 77.9 Å². The number of aromatic amines is 1. The Morgan fingerprint density at radius 2 is 2.00 bits per heavy atom. The highest BCUT2D eigenvalue weighted by Crippen LogP contribution is 2.27. The first-order chi connectivity index (χ1) is 15.1. The molecule has 0 aliphatic rings. The van der Waals surface area contributed by atoms with Gasteiger partial charge in [0, 0.05) is 58.1 Å². The van der Waals surface area contributed by atoms with Gasteiger partial charge in [-0.2, -0.15) is 0 Å². The summed E-state index contributed by atoms with van der Waals surface area (Å²) >= 11 is 0. The van der Waals surface area contributed by atoms with Crippen LogP contribution in [0.25, 0.3) is 22.2 Å². The molecule has 2 amide bonds. The van der Waals surface area contributed by atoms with Crippen molar-refractivity contribution in [1.29, 1.82) is 0 Å². The maximum atomic E-state index is 13.3. The third-order valence-electron chi connectivity index (χ3n) is 5.20. The fraction of sp³-hybridized carbons (Fsp3) is 0.167. The molecule has 3 heterocycles. The first kappa shape index (κ1) is 20.3. The van der Waals surface area contributed by atoms with Crippen LogP contribution in [0.2, 0.25) is 0 Å². The second-order valence-electron chi connectivity index (χ2n) is 7.36. The van der Waals surface area contributed by atoms with E-state index in [9.17, 15) is 9.59 Å². The maximum absolute atomic E-state index is 13.3. The highest BCUT2D eigenvalue weighted by Gasteiger charge is 2.17. The zero-order chi connectivity index (χ0) is 21.8. The van der Waals surface area contributed by atoms with Gasteiger partial charge in [0.05, 0.1) is 0 Å². The van der Waals surface area contributed by atoms with E-state index in [2.05, 4.69) is 27.2 Å². The van der Waals surface area contributed by atoms with Gasteiger partial charge in [-0.25, -0.2) is 9.78 Å². The zero-order valence-corrected chi connectivity index (χ0v) is 17.2. The van der Waals surface area contributed by atoms with Gasteiger partial charge >= 0.3 is 6.03 Å². The molecule has 4 rings (SSSR count). The molecule has 3 aromatic heterocycles. The van der Waals surface area contributed by atoms with Crippen molar-refractivity contribution in [3.8, 4) is 11.1 Å². The van der Waals surface area contributed by atoms with Gasteiger partial charge in [0.2, 0.25) is 0 Å². The van der Waals surface area contributed by atoms with Crippen molar-refractivity contribution < 1.29 is 9.59 Å². The van der Waals surface area contributed by atoms with Crippen molar-refractivity contribution in [2.75, 3.05) is 5.32 Å². The molecule has 4 N–H and O–H groups in total. The summed E-state index contributed by atoms with van der Waals surface area (Å²) in [7, 11) is 0. The van der Waals surface area contributed by atoms with Crippen molar-refractivity contribution in [3.63, 3.8) is 0 Å². The summed E-state index contributed by atoms with van der Waals surface area (Å²) in [5.41, 5.74) is 10.3. The van der Waals surface area contributed by atoms with Gasteiger partial charge in [-0.1, -0.05) is 31.5 Å². The molecular weight excluding hydrogens is 390 g/mol. The number of hydrogen-bond donors (Lipinski definition) is 3. The number of anilines is 1. The number of pyridine rings is 2. The van der Waals surface area contributed by atoms with Crippen LogP contribution in [0.5, 0.6) is 0 Å². The normalized spacial score (nSPS) is 10.9. The third kappa shape index (κ3) is 4.30. The standard InChI is InChI=1S/C24H23N5O2/c1-2-3-5-15-7-8-16(11-21(15)29-24(25)31)22(30)20-14-28-23-19(20)10-18(13-27-23)17-6-4-9-26-12-17/h4,6-14H,2-3,5H2,1H3,(H,27,28)(H3,25,29,31). The van der Waals surface area contributed by atoms with Gasteiger partial charge < -0.3 is 16.0 Å². The number of carbonyl (C=O) groups excluding carboxylic acids is 2. The predicted molar refractivity (Wildman–Crippen MR) is 121 cm³/mol. The Morgan fingerprint density at radius 1 is 1.13 bits per heavy atom. The number of benzene rings is 1. The first-order valence-corrected chi connectivity index (χ1v) is 10.2. The zero-order valence-electron chi connectivity index (χ0n) is 17.2. The van der Waals surface area contributed by atoms with Crippen molar-refractivity contribution in [1.82, 2.24) is 15.0 Å². The summed E-state index contributed by atoms with van der Waals surface area (Å²) < 4.78 is 0. The van der Waals surface area contributed by atoms with Crippen molar-refractivity contribution >= 4 is 28.5 Å². The molecule has 0 atom stereocenters. The number of rotatable bonds is 7. The number of carbonyl (C=O) groups is 2. The molecule has 0 radical (unpaired) electrons. The number of ketones is 1. The minimum atomic E-state index is -0.653. The number of nitrogens with zero attached hydrogens (tertiary/aromatic N) is 2. The number of fused-ring (bicyclic) bond motifs is 1. The molecule has 0 saturated carbocycles. The van der Waals surface area contributed by atoms with E-state index in [1.54, 1.807) is 36.9 Å². The second-order valence-corrected chi connectivity index (χ2v) is 7.36. The van der Waals surface area contributed by atoms with E-state index in [0.717, 1.165) is 41.3 Å². The number of unbranched alkanes of at least 4 members (excludes halogenated alkanes) is 1. The van der Waals surface area contributed by atoms with Crippen LogP contribution in [-0.4, -0.2) is 26.8 Å². The van der Waals surface area contributed by atoms with E-state index in [0.29, 0.717) is 22.5 Å². The summed E-state index contributed by atoms with van der Waals surface area (Å²) in [6.45, 7) is 2.10. The molecule has 0 fully saturated rings. The van der Waals surface area contributed by atoms with E-state index >= 15 is 0 Å². The van der Waals surface area contributed by atoms with Gasteiger partial charge in [-0.3, -0.25) is 9.78 Å². The lowest BCUT2D eigenvalue weighted by Gasteiger charge is -2.11. The molecule has 7 heteroatoms. The number of hydrogen-bond acceptors (Lipinski definition) is 4. The Labute approximate surface area is 179 Å². The monoisotopic (exact) mass is 413 g/mol. The van der Waals surface area contributed by atoms with Gasteiger partial charge in [0.1, 0.15) is 5.65 Å². The maximum Gasteiger partial charge on any atom is 0.316 e. The molecule has 1 aromatic carbocycles. The lowest BCUT2D eigenvalue weighted by atomic mass is 9.98. The van der Waals surface area contributed by atoms with Crippen molar-refractivity contribution in [2.45, 2.75) is 26.2 Å². The molecule has 0 spiro atoms. The molecule has 31 heavy (non-hydrogen) atoms. The molecule has 0 aliphatic heterocycles. The van der Waals surface area contributed by atoms with Crippen LogP contribution in [0.1, 0.15) is 41.3 Å². The quantitative estimate of drug-likeness (QED) is 0.381. The number of nitrogens with one attached hydrogen (secondary N) is 2. The van der Waals surface area contributed by atoms with E-state index in [-0.39, 0.29) is 5.78 Å². The smallest absolute Gasteiger partial charge is 0.316 e. The van der Waals surface area contributed by atoms with Crippen LogP contribution < -0.4 is 11.1 Å². The van der Waals surface area contributed by atoms with Gasteiger partial charge in [0.15, 0.2) is 5.78 Å². The molecule has 4 aromatic rings. The average Bonchev–Trinajstić information content (AvgIpc) is 3.21. The van der Waals surface area contributed by atoms with Gasteiger partial charge in [-0.15, -0.1) is 0 Å². The Morgan fingerprint density at radius 3 is 2.74 bits per heavy atom. The van der Waals surface area contributed by atoms with Crippen LogP contribution in [0.4, 0.5) is 10.5 Å². The largest absolute Gasteiger partial charge is 0.351 e. The first-order valence-electron chi connectivity index (χ1n) is 10.2.